The van der Waals surface area contributed by atoms with Crippen molar-refractivity contribution >= 4 is 43.6 Å². The second kappa shape index (κ2) is 14.9. The molecular weight excluding hydrogens is 804 g/mol. The average Bonchev–Trinajstić information content (AvgIpc) is 3.84. The van der Waals surface area contributed by atoms with Crippen LogP contribution in [-0.4, -0.2) is 9.13 Å². The Bertz CT molecular complexity index is 3640. The van der Waals surface area contributed by atoms with Crippen molar-refractivity contribution in [3.05, 3.63) is 191 Å². The zero-order valence-electron chi connectivity index (χ0n) is 33.3. The predicted octanol–water partition coefficient (Wildman–Crippen LogP) is 13.3. The first kappa shape index (κ1) is 38.8. The van der Waals surface area contributed by atoms with Gasteiger partial charge in [-0.1, -0.05) is 91.0 Å². The Hall–Kier alpha value is -9.40. The van der Waals surface area contributed by atoms with Crippen LogP contribution in [0.3, 0.4) is 0 Å². The van der Waals surface area contributed by atoms with Crippen LogP contribution in [0.2, 0.25) is 0 Å². The van der Waals surface area contributed by atoms with E-state index in [0.717, 1.165) is 27.6 Å². The molecule has 2 aromatic heterocycles. The highest BCUT2D eigenvalue weighted by molar-refractivity contribution is 6.13. The number of benzene rings is 8. The Balaban J connectivity index is 1.38. The molecule has 10 heteroatoms. The largest absolute Gasteiger partial charge is 0.417 e. The van der Waals surface area contributed by atoms with Crippen molar-refractivity contribution in [1.82, 2.24) is 9.13 Å². The van der Waals surface area contributed by atoms with Crippen molar-refractivity contribution in [2.45, 2.75) is 6.18 Å². The molecule has 0 aliphatic carbocycles. The maximum absolute atomic E-state index is 15.4. The van der Waals surface area contributed by atoms with Gasteiger partial charge in [-0.25, -0.2) is 0 Å². The summed E-state index contributed by atoms with van der Waals surface area (Å²) in [5.41, 5.74) is 6.14. The fourth-order valence-corrected chi connectivity index (χ4v) is 8.96. The minimum absolute atomic E-state index is 0.119. The van der Waals surface area contributed by atoms with Crippen LogP contribution in [0, 0.1) is 56.7 Å². The summed E-state index contributed by atoms with van der Waals surface area (Å²) in [4.78, 5) is 0. The normalized spacial score (nSPS) is 11.3. The van der Waals surface area contributed by atoms with Gasteiger partial charge in [0.1, 0.15) is 0 Å². The Morgan fingerprint density at radius 2 is 0.812 bits per heavy atom. The van der Waals surface area contributed by atoms with Gasteiger partial charge in [0, 0.05) is 27.1 Å². The van der Waals surface area contributed by atoms with E-state index in [9.17, 15) is 26.3 Å². The third-order valence-corrected chi connectivity index (χ3v) is 11.7. The van der Waals surface area contributed by atoms with Gasteiger partial charge in [-0.15, -0.1) is 0 Å². The van der Waals surface area contributed by atoms with Crippen molar-refractivity contribution in [2.24, 2.45) is 0 Å². The standard InChI is InChI=1S/C54H26F3N7/c55-54(56,57)46-10-4-1-9-45(46)53-51(63-47-11-5-2-7-41(47)43-19-15-35(25-49(43)63)39-17-13-32(27-58)21-37(39)30-61)23-34(29-60)24-52(53)64-48-12-6-3-8-42(48)44-20-16-36(26-50(44)64)40-18-14-33(28-59)22-38(40)31-62/h1-26H. The molecule has 0 bridgehead atoms. The first-order chi connectivity index (χ1) is 31.1. The monoisotopic (exact) mass is 829 g/mol. The molecule has 0 N–H and O–H groups in total. The molecule has 2 heterocycles. The van der Waals surface area contributed by atoms with E-state index in [-0.39, 0.29) is 27.8 Å². The van der Waals surface area contributed by atoms with Gasteiger partial charge in [-0.2, -0.15) is 39.5 Å². The molecule has 0 atom stereocenters. The summed E-state index contributed by atoms with van der Waals surface area (Å²) >= 11 is 0. The van der Waals surface area contributed by atoms with Crippen LogP contribution in [0.4, 0.5) is 13.2 Å². The van der Waals surface area contributed by atoms with Gasteiger partial charge < -0.3 is 9.13 Å². The molecule has 0 saturated heterocycles. The number of para-hydroxylation sites is 2. The zero-order chi connectivity index (χ0) is 44.3. The van der Waals surface area contributed by atoms with E-state index in [1.54, 1.807) is 42.5 Å². The fraction of sp³-hybridized carbons (Fsp3) is 0.0185. The lowest BCUT2D eigenvalue weighted by molar-refractivity contribution is -0.137. The van der Waals surface area contributed by atoms with Gasteiger partial charge in [-0.05, 0) is 94.5 Å². The molecule has 0 saturated carbocycles. The number of aromatic nitrogens is 2. The molecule has 10 rings (SSSR count). The van der Waals surface area contributed by atoms with E-state index in [1.807, 2.05) is 94.1 Å². The van der Waals surface area contributed by atoms with Crippen molar-refractivity contribution in [3.63, 3.8) is 0 Å². The summed E-state index contributed by atoms with van der Waals surface area (Å²) in [6.07, 6.45) is -4.78. The molecular formula is C54H26F3N7. The second-order valence-corrected chi connectivity index (χ2v) is 15.2. The Morgan fingerprint density at radius 1 is 0.375 bits per heavy atom. The minimum atomic E-state index is -4.78. The average molecular weight is 830 g/mol. The summed E-state index contributed by atoms with van der Waals surface area (Å²) in [5.74, 6) is 0. The molecule has 0 amide bonds. The second-order valence-electron chi connectivity index (χ2n) is 15.2. The number of hydrogen-bond acceptors (Lipinski definition) is 5. The third kappa shape index (κ3) is 6.09. The minimum Gasteiger partial charge on any atom is -0.308 e. The van der Waals surface area contributed by atoms with Crippen molar-refractivity contribution in [2.75, 3.05) is 0 Å². The molecule has 0 unspecified atom stereocenters. The lowest BCUT2D eigenvalue weighted by atomic mass is 9.93. The molecule has 8 aromatic carbocycles. The highest BCUT2D eigenvalue weighted by Crippen LogP contribution is 2.47. The molecule has 0 aliphatic heterocycles. The topological polar surface area (TPSA) is 129 Å². The van der Waals surface area contributed by atoms with Crippen LogP contribution in [0.1, 0.15) is 33.4 Å². The SMILES string of the molecule is N#Cc1ccc(-c2ccc3c4ccccc4n(-c4cc(C#N)cc(-n5c6ccccc6c6ccc(-c7ccc(C#N)cc7C#N)cc65)c4-c4ccccc4C(F)(F)F)c3c2)c(C#N)c1. The van der Waals surface area contributed by atoms with E-state index >= 15 is 13.2 Å². The fourth-order valence-electron chi connectivity index (χ4n) is 8.96. The van der Waals surface area contributed by atoms with E-state index in [1.165, 1.54) is 24.3 Å². The van der Waals surface area contributed by atoms with Crippen molar-refractivity contribution in [3.8, 4) is 75.1 Å². The highest BCUT2D eigenvalue weighted by Gasteiger charge is 2.35. The first-order valence-electron chi connectivity index (χ1n) is 19.9. The number of rotatable bonds is 5. The third-order valence-electron chi connectivity index (χ3n) is 11.7. The van der Waals surface area contributed by atoms with E-state index in [0.29, 0.717) is 66.8 Å². The highest BCUT2D eigenvalue weighted by atomic mass is 19.4. The number of hydrogen-bond donors (Lipinski definition) is 0. The molecule has 0 spiro atoms. The number of halogens is 3. The van der Waals surface area contributed by atoms with Crippen molar-refractivity contribution < 1.29 is 13.2 Å². The van der Waals surface area contributed by atoms with Crippen LogP contribution < -0.4 is 0 Å². The lowest BCUT2D eigenvalue weighted by Crippen LogP contribution is -2.11. The van der Waals surface area contributed by atoms with Gasteiger partial charge in [0.2, 0.25) is 0 Å². The van der Waals surface area contributed by atoms with Crippen LogP contribution in [0.25, 0.3) is 88.4 Å². The Kier molecular flexibility index (Phi) is 9.06. The predicted molar refractivity (Wildman–Crippen MR) is 240 cm³/mol. The summed E-state index contributed by atoms with van der Waals surface area (Å²) in [5, 5.41) is 53.4. The van der Waals surface area contributed by atoms with Gasteiger partial charge in [-0.3, -0.25) is 0 Å². The molecule has 0 aliphatic rings. The number of nitriles is 5. The van der Waals surface area contributed by atoms with Gasteiger partial charge >= 0.3 is 6.18 Å². The maximum Gasteiger partial charge on any atom is 0.417 e. The quantitative estimate of drug-likeness (QED) is 0.171. The van der Waals surface area contributed by atoms with Gasteiger partial charge in [0.05, 0.1) is 97.2 Å². The molecule has 7 nitrogen and oxygen atoms in total. The first-order valence-corrected chi connectivity index (χ1v) is 19.9. The summed E-state index contributed by atoms with van der Waals surface area (Å²) in [6.45, 7) is 0. The van der Waals surface area contributed by atoms with Crippen LogP contribution in [-0.2, 0) is 6.18 Å². The van der Waals surface area contributed by atoms with Gasteiger partial charge in [0.25, 0.3) is 0 Å². The Morgan fingerprint density at radius 3 is 1.27 bits per heavy atom. The molecule has 0 fully saturated rings. The van der Waals surface area contributed by atoms with Crippen LogP contribution in [0.15, 0.2) is 158 Å². The molecule has 10 aromatic rings. The van der Waals surface area contributed by atoms with E-state index in [2.05, 4.69) is 30.3 Å². The molecule has 64 heavy (non-hydrogen) atoms. The van der Waals surface area contributed by atoms with Gasteiger partial charge in [0.15, 0.2) is 0 Å². The molecule has 298 valence electrons. The smallest absolute Gasteiger partial charge is 0.308 e. The summed E-state index contributed by atoms with van der Waals surface area (Å²) in [7, 11) is 0. The lowest BCUT2D eigenvalue weighted by Gasteiger charge is -2.23. The summed E-state index contributed by atoms with van der Waals surface area (Å²) in [6, 6.07) is 55.6. The number of alkyl halides is 3. The van der Waals surface area contributed by atoms with Crippen LogP contribution in [0.5, 0.6) is 0 Å². The summed E-state index contributed by atoms with van der Waals surface area (Å²) < 4.78 is 50.0. The Labute approximate surface area is 363 Å². The number of fused-ring (bicyclic) bond motifs is 6. The van der Waals surface area contributed by atoms with Crippen molar-refractivity contribution in [1.29, 1.82) is 26.3 Å². The zero-order valence-corrected chi connectivity index (χ0v) is 33.3. The number of nitrogens with zero attached hydrogens (tertiary/aromatic N) is 7. The van der Waals surface area contributed by atoms with Crippen LogP contribution >= 0.6 is 0 Å². The molecule has 0 radical (unpaired) electrons. The van der Waals surface area contributed by atoms with E-state index < -0.39 is 11.7 Å². The van der Waals surface area contributed by atoms with E-state index in [4.69, 9.17) is 0 Å². The maximum atomic E-state index is 15.4.